The van der Waals surface area contributed by atoms with E-state index in [9.17, 15) is 14.0 Å². The number of ether oxygens (including phenoxy) is 4. The maximum Gasteiger partial charge on any atom is 0.410 e. The first-order valence-corrected chi connectivity index (χ1v) is 16.2. The molecule has 9 nitrogen and oxygen atoms in total. The van der Waals surface area contributed by atoms with Gasteiger partial charge in [-0.2, -0.15) is 0 Å². The molecule has 0 radical (unpaired) electrons. The Hall–Kier alpha value is -4.15. The van der Waals surface area contributed by atoms with Crippen LogP contribution in [0.5, 0.6) is 5.75 Å². The van der Waals surface area contributed by atoms with Gasteiger partial charge in [-0.25, -0.2) is 14.0 Å². The van der Waals surface area contributed by atoms with Crippen molar-refractivity contribution in [3.8, 4) is 5.75 Å². The van der Waals surface area contributed by atoms with E-state index in [1.807, 2.05) is 56.3 Å². The topological polar surface area (TPSA) is 98.4 Å². The predicted molar refractivity (Wildman–Crippen MR) is 174 cm³/mol. The zero-order valence-corrected chi connectivity index (χ0v) is 26.7. The number of rotatable bonds is 15. The fourth-order valence-electron chi connectivity index (χ4n) is 5.55. The van der Waals surface area contributed by atoms with Crippen molar-refractivity contribution in [2.45, 2.75) is 77.3 Å². The number of nitrogens with one attached hydrogen (secondary N) is 2. The lowest BCUT2D eigenvalue weighted by atomic mass is 10.0. The number of carbonyl (C=O) groups excluding carboxylic acids is 2. The van der Waals surface area contributed by atoms with E-state index in [2.05, 4.69) is 10.6 Å². The van der Waals surface area contributed by atoms with Gasteiger partial charge in [0.25, 0.3) is 0 Å². The molecule has 10 heteroatoms. The Morgan fingerprint density at radius 1 is 0.935 bits per heavy atom. The quantitative estimate of drug-likeness (QED) is 0.164. The van der Waals surface area contributed by atoms with Crippen molar-refractivity contribution in [2.75, 3.05) is 36.9 Å². The Morgan fingerprint density at radius 2 is 1.70 bits per heavy atom. The van der Waals surface area contributed by atoms with Gasteiger partial charge in [0.2, 0.25) is 5.79 Å². The van der Waals surface area contributed by atoms with Crippen LogP contribution < -0.4 is 15.4 Å². The van der Waals surface area contributed by atoms with Crippen molar-refractivity contribution < 1.29 is 32.9 Å². The van der Waals surface area contributed by atoms with Crippen LogP contribution in [0.3, 0.4) is 0 Å². The highest BCUT2D eigenvalue weighted by atomic mass is 19.1. The molecular weight excluding hydrogens is 589 g/mol. The number of cyclic esters (lactones) is 1. The third kappa shape index (κ3) is 9.92. The standard InChI is InChI=1S/C36H44FN3O6/c1-36(2)44-25-28-23-27(13-18-32(28)46-36)33-24-40(35(42)45-33)19-6-3-4-7-20-43-21-8-5-10-26-11-9-12-31(22-26)39-34(41)38-30-16-14-29(37)15-17-30/h9,11-18,22-23,33H,3-8,10,19-21,24-25H2,1-2H3,(H2,38,39,41)/t33-/m0/s1. The minimum Gasteiger partial charge on any atom is -0.463 e. The van der Waals surface area contributed by atoms with Crippen LogP contribution in [0, 0.1) is 5.82 Å². The molecule has 1 fully saturated rings. The molecule has 3 aromatic carbocycles. The minimum absolute atomic E-state index is 0.255. The molecule has 5 rings (SSSR count). The van der Waals surface area contributed by atoms with Crippen molar-refractivity contribution in [1.29, 1.82) is 0 Å². The molecule has 0 bridgehead atoms. The summed E-state index contributed by atoms with van der Waals surface area (Å²) in [6.07, 6.45) is 6.34. The fraction of sp³-hybridized carbons (Fsp3) is 0.444. The summed E-state index contributed by atoms with van der Waals surface area (Å²) in [7, 11) is 0. The number of halogens is 1. The Kier molecular flexibility index (Phi) is 11.5. The van der Waals surface area contributed by atoms with Gasteiger partial charge in [-0.05, 0) is 91.8 Å². The summed E-state index contributed by atoms with van der Waals surface area (Å²) in [5, 5.41) is 5.52. The van der Waals surface area contributed by atoms with Crippen LogP contribution in [-0.4, -0.2) is 49.1 Å². The van der Waals surface area contributed by atoms with Crippen molar-refractivity contribution in [3.05, 3.63) is 89.2 Å². The van der Waals surface area contributed by atoms with Gasteiger partial charge >= 0.3 is 12.1 Å². The Bertz CT molecular complexity index is 1460. The number of fused-ring (bicyclic) bond motifs is 1. The van der Waals surface area contributed by atoms with Crippen molar-refractivity contribution in [1.82, 2.24) is 4.90 Å². The molecule has 2 heterocycles. The number of benzene rings is 3. The number of hydrogen-bond donors (Lipinski definition) is 2. The molecule has 2 aliphatic heterocycles. The van der Waals surface area contributed by atoms with Gasteiger partial charge in [-0.1, -0.05) is 31.0 Å². The van der Waals surface area contributed by atoms with Gasteiger partial charge in [0.15, 0.2) is 0 Å². The number of unbranched alkanes of at least 4 members (excludes halogenated alkanes) is 4. The summed E-state index contributed by atoms with van der Waals surface area (Å²) in [4.78, 5) is 26.5. The zero-order valence-electron chi connectivity index (χ0n) is 26.7. The van der Waals surface area contributed by atoms with Crippen LogP contribution in [0.2, 0.25) is 0 Å². The van der Waals surface area contributed by atoms with Crippen LogP contribution >= 0.6 is 0 Å². The van der Waals surface area contributed by atoms with Gasteiger partial charge in [-0.15, -0.1) is 0 Å². The summed E-state index contributed by atoms with van der Waals surface area (Å²) < 4.78 is 36.2. The number of nitrogens with zero attached hydrogens (tertiary/aromatic N) is 1. The maximum atomic E-state index is 13.1. The summed E-state index contributed by atoms with van der Waals surface area (Å²) >= 11 is 0. The average molecular weight is 634 g/mol. The van der Waals surface area contributed by atoms with Crippen LogP contribution in [-0.2, 0) is 27.2 Å². The average Bonchev–Trinajstić information content (AvgIpc) is 3.40. The van der Waals surface area contributed by atoms with E-state index >= 15 is 0 Å². The Morgan fingerprint density at radius 3 is 2.52 bits per heavy atom. The van der Waals surface area contributed by atoms with Crippen LogP contribution in [0.25, 0.3) is 0 Å². The molecule has 3 aromatic rings. The van der Waals surface area contributed by atoms with E-state index in [-0.39, 0.29) is 24.0 Å². The summed E-state index contributed by atoms with van der Waals surface area (Å²) in [6, 6.07) is 19.0. The van der Waals surface area contributed by atoms with Crippen molar-refractivity contribution >= 4 is 23.5 Å². The van der Waals surface area contributed by atoms with Gasteiger partial charge in [0.1, 0.15) is 17.7 Å². The summed E-state index contributed by atoms with van der Waals surface area (Å²) in [5.41, 5.74) is 4.31. The molecule has 0 unspecified atom stereocenters. The first-order chi connectivity index (χ1) is 22.2. The molecule has 246 valence electrons. The van der Waals surface area contributed by atoms with Crippen LogP contribution in [0.1, 0.15) is 75.2 Å². The molecule has 1 saturated heterocycles. The highest BCUT2D eigenvalue weighted by Crippen LogP contribution is 2.35. The lowest BCUT2D eigenvalue weighted by Gasteiger charge is -2.32. The maximum absolute atomic E-state index is 13.1. The normalized spacial score (nSPS) is 16.8. The van der Waals surface area contributed by atoms with E-state index in [1.165, 1.54) is 24.3 Å². The first-order valence-electron chi connectivity index (χ1n) is 16.2. The van der Waals surface area contributed by atoms with E-state index in [1.54, 1.807) is 4.90 Å². The highest BCUT2D eigenvalue weighted by Gasteiger charge is 2.33. The number of anilines is 2. The van der Waals surface area contributed by atoms with Crippen LogP contribution in [0.15, 0.2) is 66.7 Å². The number of hydrogen-bond acceptors (Lipinski definition) is 6. The second kappa shape index (κ2) is 15.9. The summed E-state index contributed by atoms with van der Waals surface area (Å²) in [6.45, 7) is 6.96. The van der Waals surface area contributed by atoms with E-state index in [0.29, 0.717) is 31.1 Å². The third-order valence-electron chi connectivity index (χ3n) is 8.03. The molecular formula is C36H44FN3O6. The number of amides is 3. The number of carbonyl (C=O) groups is 2. The fourth-order valence-corrected chi connectivity index (χ4v) is 5.55. The van der Waals surface area contributed by atoms with E-state index in [4.69, 9.17) is 18.9 Å². The van der Waals surface area contributed by atoms with Gasteiger partial charge in [0.05, 0.1) is 13.2 Å². The van der Waals surface area contributed by atoms with Gasteiger partial charge in [-0.3, -0.25) is 0 Å². The molecule has 0 aliphatic carbocycles. The zero-order chi connectivity index (χ0) is 32.4. The summed E-state index contributed by atoms with van der Waals surface area (Å²) in [5.74, 6) is -0.171. The highest BCUT2D eigenvalue weighted by molar-refractivity contribution is 5.99. The molecule has 3 amide bonds. The van der Waals surface area contributed by atoms with E-state index < -0.39 is 5.79 Å². The van der Waals surface area contributed by atoms with Crippen LogP contribution in [0.4, 0.5) is 25.4 Å². The second-order valence-corrected chi connectivity index (χ2v) is 12.2. The van der Waals surface area contributed by atoms with Gasteiger partial charge in [0, 0.05) is 50.5 Å². The third-order valence-corrected chi connectivity index (χ3v) is 8.03. The van der Waals surface area contributed by atoms with Crippen molar-refractivity contribution in [3.63, 3.8) is 0 Å². The largest absolute Gasteiger partial charge is 0.463 e. The van der Waals surface area contributed by atoms with Gasteiger partial charge < -0.3 is 34.5 Å². The minimum atomic E-state index is -0.636. The smallest absolute Gasteiger partial charge is 0.410 e. The monoisotopic (exact) mass is 633 g/mol. The predicted octanol–water partition coefficient (Wildman–Crippen LogP) is 8.21. The van der Waals surface area contributed by atoms with E-state index in [0.717, 1.165) is 80.6 Å². The molecule has 2 N–H and O–H groups in total. The lowest BCUT2D eigenvalue weighted by molar-refractivity contribution is -0.180. The number of urea groups is 1. The molecule has 0 spiro atoms. The first kappa shape index (κ1) is 33.2. The lowest BCUT2D eigenvalue weighted by Crippen LogP contribution is -2.35. The second-order valence-electron chi connectivity index (χ2n) is 12.2. The Balaban J connectivity index is 0.887. The molecule has 1 atom stereocenters. The molecule has 0 saturated carbocycles. The van der Waals surface area contributed by atoms with Crippen molar-refractivity contribution in [2.24, 2.45) is 0 Å². The molecule has 0 aromatic heterocycles. The number of aryl methyl sites for hydroxylation is 1. The Labute approximate surface area is 270 Å². The molecule has 46 heavy (non-hydrogen) atoms. The SMILES string of the molecule is CC1(C)OCc2cc([C@@H]3CN(CCCCCCOCCCCc4cccc(NC(=O)Nc5ccc(F)cc5)c4)C(=O)O3)ccc2O1. The molecule has 2 aliphatic rings.